The van der Waals surface area contributed by atoms with Gasteiger partial charge in [-0.2, -0.15) is 4.31 Å². The van der Waals surface area contributed by atoms with Crippen LogP contribution in [0.5, 0.6) is 0 Å². The summed E-state index contributed by atoms with van der Waals surface area (Å²) in [4.78, 5) is 0. The van der Waals surface area contributed by atoms with E-state index in [-0.39, 0.29) is 36.9 Å². The fourth-order valence-electron chi connectivity index (χ4n) is 1.82. The highest BCUT2D eigenvalue weighted by Crippen LogP contribution is 2.09. The fourth-order valence-corrected chi connectivity index (χ4v) is 3.36. The van der Waals surface area contributed by atoms with Gasteiger partial charge < -0.3 is 10.1 Å². The minimum absolute atomic E-state index is 0. The van der Waals surface area contributed by atoms with Crippen molar-refractivity contribution in [3.8, 4) is 0 Å². The van der Waals surface area contributed by atoms with Crippen LogP contribution in [0.25, 0.3) is 0 Å². The normalized spacial score (nSPS) is 27.4. The number of methoxy groups -OCH3 is 1. The first kappa shape index (κ1) is 16.1. The monoisotopic (exact) mass is 272 g/mol. The first-order valence-electron chi connectivity index (χ1n) is 5.18. The minimum atomic E-state index is -3.14. The molecule has 0 amide bonds. The number of sulfonamides is 1. The Bertz CT molecular complexity index is 287. The summed E-state index contributed by atoms with van der Waals surface area (Å²) >= 11 is 0. The van der Waals surface area contributed by atoms with Gasteiger partial charge in [0.25, 0.3) is 0 Å². The second-order valence-electron chi connectivity index (χ2n) is 4.09. The topological polar surface area (TPSA) is 58.6 Å². The molecule has 0 radical (unpaired) electrons. The highest BCUT2D eigenvalue weighted by atomic mass is 35.5. The highest BCUT2D eigenvalue weighted by Gasteiger charge is 2.29. The maximum atomic E-state index is 11.9. The van der Waals surface area contributed by atoms with E-state index in [2.05, 4.69) is 5.32 Å². The van der Waals surface area contributed by atoms with Gasteiger partial charge in [-0.15, -0.1) is 12.4 Å². The van der Waals surface area contributed by atoms with Gasteiger partial charge >= 0.3 is 0 Å². The summed E-state index contributed by atoms with van der Waals surface area (Å²) in [5.74, 6) is 0.0724. The Morgan fingerprint density at radius 1 is 1.31 bits per heavy atom. The maximum absolute atomic E-state index is 11.9. The van der Waals surface area contributed by atoms with E-state index < -0.39 is 10.0 Å². The van der Waals surface area contributed by atoms with Crippen molar-refractivity contribution in [2.75, 3.05) is 32.6 Å². The van der Waals surface area contributed by atoms with Gasteiger partial charge in [0.05, 0.1) is 12.4 Å². The molecule has 1 saturated heterocycles. The van der Waals surface area contributed by atoms with Crippen LogP contribution < -0.4 is 5.32 Å². The van der Waals surface area contributed by atoms with Crippen molar-refractivity contribution >= 4 is 22.4 Å². The molecule has 0 saturated carbocycles. The summed E-state index contributed by atoms with van der Waals surface area (Å²) in [6.07, 6.45) is 0. The molecular weight excluding hydrogens is 252 g/mol. The number of ether oxygens (including phenoxy) is 1. The van der Waals surface area contributed by atoms with E-state index in [9.17, 15) is 8.42 Å². The lowest BCUT2D eigenvalue weighted by Gasteiger charge is -2.35. The van der Waals surface area contributed by atoms with Gasteiger partial charge in [0.15, 0.2) is 0 Å². The zero-order valence-electron chi connectivity index (χ0n) is 9.97. The number of hydrogen-bond donors (Lipinski definition) is 1. The SMILES string of the molecule is COCCS(=O)(=O)N1CC(C)NC(C)C1.Cl. The van der Waals surface area contributed by atoms with Crippen LogP contribution in [0.4, 0.5) is 0 Å². The summed E-state index contributed by atoms with van der Waals surface area (Å²) in [6.45, 7) is 5.35. The third kappa shape index (κ3) is 4.55. The van der Waals surface area contributed by atoms with E-state index in [4.69, 9.17) is 4.74 Å². The van der Waals surface area contributed by atoms with Crippen molar-refractivity contribution in [2.45, 2.75) is 25.9 Å². The van der Waals surface area contributed by atoms with E-state index in [0.717, 1.165) is 0 Å². The standard InChI is InChI=1S/C9H20N2O3S.ClH/c1-8-6-11(7-9(2)10-8)15(12,13)5-4-14-3;/h8-10H,4-7H2,1-3H3;1H. The first-order valence-corrected chi connectivity index (χ1v) is 6.79. The van der Waals surface area contributed by atoms with Crippen LogP contribution in [0.1, 0.15) is 13.8 Å². The molecule has 0 aromatic rings. The summed E-state index contributed by atoms with van der Waals surface area (Å²) in [5, 5.41) is 3.30. The lowest BCUT2D eigenvalue weighted by atomic mass is 10.2. The molecule has 1 N–H and O–H groups in total. The summed E-state index contributed by atoms with van der Waals surface area (Å²) in [5.41, 5.74) is 0. The van der Waals surface area contributed by atoms with Crippen molar-refractivity contribution in [3.05, 3.63) is 0 Å². The Hall–Kier alpha value is 0.120. The number of nitrogens with zero attached hydrogens (tertiary/aromatic N) is 1. The van der Waals surface area contributed by atoms with Crippen LogP contribution in [0, 0.1) is 0 Å². The van der Waals surface area contributed by atoms with Crippen molar-refractivity contribution < 1.29 is 13.2 Å². The van der Waals surface area contributed by atoms with E-state index in [1.807, 2.05) is 13.8 Å². The van der Waals surface area contributed by atoms with Gasteiger partial charge in [-0.05, 0) is 13.8 Å². The Balaban J connectivity index is 0.00000225. The quantitative estimate of drug-likeness (QED) is 0.787. The largest absolute Gasteiger partial charge is 0.384 e. The molecule has 0 spiro atoms. The van der Waals surface area contributed by atoms with Crippen LogP contribution >= 0.6 is 12.4 Å². The number of halogens is 1. The predicted octanol–water partition coefficient (Wildman–Crippen LogP) is 0.0666. The predicted molar refractivity (Wildman–Crippen MR) is 66.5 cm³/mol. The zero-order valence-corrected chi connectivity index (χ0v) is 11.6. The van der Waals surface area contributed by atoms with E-state index in [0.29, 0.717) is 13.1 Å². The van der Waals surface area contributed by atoms with Crippen LogP contribution in [0.15, 0.2) is 0 Å². The molecule has 0 aromatic carbocycles. The van der Waals surface area contributed by atoms with Gasteiger partial charge in [-0.25, -0.2) is 8.42 Å². The molecule has 1 aliphatic rings. The molecule has 5 nitrogen and oxygen atoms in total. The fraction of sp³-hybridized carbons (Fsp3) is 1.00. The molecule has 16 heavy (non-hydrogen) atoms. The molecule has 98 valence electrons. The zero-order chi connectivity index (χ0) is 11.5. The summed E-state index contributed by atoms with van der Waals surface area (Å²) < 4.78 is 30.1. The lowest BCUT2D eigenvalue weighted by molar-refractivity contribution is 0.212. The highest BCUT2D eigenvalue weighted by molar-refractivity contribution is 7.89. The molecule has 0 bridgehead atoms. The van der Waals surface area contributed by atoms with Gasteiger partial charge in [0, 0.05) is 32.3 Å². The van der Waals surface area contributed by atoms with E-state index >= 15 is 0 Å². The number of piperazine rings is 1. The van der Waals surface area contributed by atoms with Crippen molar-refractivity contribution in [1.82, 2.24) is 9.62 Å². The van der Waals surface area contributed by atoms with Gasteiger partial charge in [-0.3, -0.25) is 0 Å². The molecule has 0 aromatic heterocycles. The first-order chi connectivity index (χ1) is 6.95. The molecular formula is C9H21ClN2O3S. The molecule has 1 fully saturated rings. The second kappa shape index (κ2) is 6.76. The molecule has 1 aliphatic heterocycles. The van der Waals surface area contributed by atoms with Crippen LogP contribution in [0.3, 0.4) is 0 Å². The number of rotatable bonds is 4. The average Bonchev–Trinajstić information content (AvgIpc) is 2.13. The van der Waals surface area contributed by atoms with Crippen molar-refractivity contribution in [3.63, 3.8) is 0 Å². The second-order valence-corrected chi connectivity index (χ2v) is 6.18. The van der Waals surface area contributed by atoms with Crippen molar-refractivity contribution in [1.29, 1.82) is 0 Å². The molecule has 0 aliphatic carbocycles. The van der Waals surface area contributed by atoms with Crippen LogP contribution in [-0.4, -0.2) is 57.4 Å². The Morgan fingerprint density at radius 3 is 2.25 bits per heavy atom. The van der Waals surface area contributed by atoms with Gasteiger partial charge in [-0.1, -0.05) is 0 Å². The molecule has 1 rings (SSSR count). The minimum Gasteiger partial charge on any atom is -0.384 e. The average molecular weight is 273 g/mol. The Kier molecular flexibility index (Phi) is 6.81. The van der Waals surface area contributed by atoms with E-state index in [1.54, 1.807) is 4.31 Å². The molecule has 1 heterocycles. The Morgan fingerprint density at radius 2 is 1.81 bits per heavy atom. The molecule has 7 heteroatoms. The van der Waals surface area contributed by atoms with Crippen molar-refractivity contribution in [2.24, 2.45) is 0 Å². The third-order valence-electron chi connectivity index (χ3n) is 2.46. The number of nitrogens with one attached hydrogen (secondary N) is 1. The summed E-state index contributed by atoms with van der Waals surface area (Å²) in [7, 11) is -1.63. The lowest BCUT2D eigenvalue weighted by Crippen LogP contribution is -2.56. The third-order valence-corrected chi connectivity index (χ3v) is 4.23. The maximum Gasteiger partial charge on any atom is 0.216 e. The summed E-state index contributed by atoms with van der Waals surface area (Å²) in [6, 6.07) is 0.428. The Labute approximate surface area is 104 Å². The van der Waals surface area contributed by atoms with E-state index in [1.165, 1.54) is 7.11 Å². The van der Waals surface area contributed by atoms with Crippen LogP contribution in [-0.2, 0) is 14.8 Å². The molecule has 2 unspecified atom stereocenters. The van der Waals surface area contributed by atoms with Gasteiger partial charge in [0.1, 0.15) is 0 Å². The van der Waals surface area contributed by atoms with Crippen LogP contribution in [0.2, 0.25) is 0 Å². The van der Waals surface area contributed by atoms with Gasteiger partial charge in [0.2, 0.25) is 10.0 Å². The smallest absolute Gasteiger partial charge is 0.216 e. The number of hydrogen-bond acceptors (Lipinski definition) is 4. The molecule has 2 atom stereocenters.